The Balaban J connectivity index is 2.09. The second-order valence-corrected chi connectivity index (χ2v) is 6.94. The monoisotopic (exact) mass is 286 g/mol. The van der Waals surface area contributed by atoms with Crippen LogP contribution in [0.2, 0.25) is 0 Å². The predicted octanol–water partition coefficient (Wildman–Crippen LogP) is 3.79. The molecule has 0 aliphatic rings. The normalized spacial score (nSPS) is 11.9. The number of aryl methyl sites for hydroxylation is 2. The molecule has 0 saturated heterocycles. The van der Waals surface area contributed by atoms with Gasteiger partial charge in [-0.05, 0) is 31.5 Å². The van der Waals surface area contributed by atoms with E-state index in [-0.39, 0.29) is 5.75 Å². The van der Waals surface area contributed by atoms with Gasteiger partial charge in [-0.2, -0.15) is 0 Å². The molecule has 2 nitrogen and oxygen atoms in total. The third-order valence-electron chi connectivity index (χ3n) is 3.08. The predicted molar refractivity (Wildman–Crippen MR) is 83.4 cm³/mol. The molecule has 2 rings (SSSR count). The van der Waals surface area contributed by atoms with Gasteiger partial charge in [0.05, 0.1) is 10.6 Å². The van der Waals surface area contributed by atoms with E-state index in [0.717, 1.165) is 11.1 Å². The van der Waals surface area contributed by atoms with Crippen molar-refractivity contribution in [3.63, 3.8) is 0 Å². The molecule has 0 heterocycles. The molecule has 0 aromatic heterocycles. The van der Waals surface area contributed by atoms with Gasteiger partial charge >= 0.3 is 0 Å². The van der Waals surface area contributed by atoms with E-state index in [0.29, 0.717) is 4.90 Å². The van der Waals surface area contributed by atoms with E-state index in [4.69, 9.17) is 0 Å². The molecule has 2 aromatic carbocycles. The first-order valence-electron chi connectivity index (χ1n) is 6.50. The molecule has 0 atom stereocenters. The molecule has 0 saturated carbocycles. The fourth-order valence-corrected chi connectivity index (χ4v) is 2.92. The molecule has 0 spiro atoms. The van der Waals surface area contributed by atoms with Crippen molar-refractivity contribution in [2.24, 2.45) is 0 Å². The van der Waals surface area contributed by atoms with Gasteiger partial charge in [0.1, 0.15) is 0 Å². The summed E-state index contributed by atoms with van der Waals surface area (Å²) in [6, 6.07) is 14.9. The van der Waals surface area contributed by atoms with Gasteiger partial charge in [-0.15, -0.1) is 0 Å². The molecule has 0 aliphatic carbocycles. The molecular weight excluding hydrogens is 268 g/mol. The summed E-state index contributed by atoms with van der Waals surface area (Å²) in [4.78, 5) is 0.372. The first kappa shape index (κ1) is 14.5. The number of hydrogen-bond donors (Lipinski definition) is 0. The molecule has 0 N–H and O–H groups in total. The minimum Gasteiger partial charge on any atom is -0.223 e. The van der Waals surface area contributed by atoms with Crippen LogP contribution in [0.5, 0.6) is 0 Å². The Morgan fingerprint density at radius 3 is 1.90 bits per heavy atom. The lowest BCUT2D eigenvalue weighted by Crippen LogP contribution is -2.04. The van der Waals surface area contributed by atoms with Crippen molar-refractivity contribution in [1.29, 1.82) is 0 Å². The third-order valence-corrected chi connectivity index (χ3v) is 4.71. The van der Waals surface area contributed by atoms with Crippen molar-refractivity contribution in [2.75, 3.05) is 5.75 Å². The van der Waals surface area contributed by atoms with E-state index >= 15 is 0 Å². The summed E-state index contributed by atoms with van der Waals surface area (Å²) in [6.07, 6.45) is 3.53. The SMILES string of the molecule is Cc1ccc(C=CCS(=O)(=O)c2ccc(C)cc2)cc1. The summed E-state index contributed by atoms with van der Waals surface area (Å²) in [5.41, 5.74) is 3.25. The fourth-order valence-electron chi connectivity index (χ4n) is 1.83. The molecule has 20 heavy (non-hydrogen) atoms. The topological polar surface area (TPSA) is 34.1 Å². The van der Waals surface area contributed by atoms with Gasteiger partial charge in [0.25, 0.3) is 0 Å². The molecule has 0 unspecified atom stereocenters. The number of rotatable bonds is 4. The van der Waals surface area contributed by atoms with Crippen molar-refractivity contribution in [1.82, 2.24) is 0 Å². The quantitative estimate of drug-likeness (QED) is 0.857. The molecule has 0 bridgehead atoms. The maximum Gasteiger partial charge on any atom is 0.181 e. The Morgan fingerprint density at radius 1 is 0.850 bits per heavy atom. The van der Waals surface area contributed by atoms with Gasteiger partial charge in [-0.3, -0.25) is 0 Å². The zero-order valence-electron chi connectivity index (χ0n) is 11.7. The second kappa shape index (κ2) is 6.06. The Kier molecular flexibility index (Phi) is 4.40. The summed E-state index contributed by atoms with van der Waals surface area (Å²) >= 11 is 0. The van der Waals surface area contributed by atoms with E-state index in [1.165, 1.54) is 5.56 Å². The summed E-state index contributed by atoms with van der Waals surface area (Å²) in [7, 11) is -3.24. The highest BCUT2D eigenvalue weighted by Gasteiger charge is 2.11. The molecule has 104 valence electrons. The molecule has 0 fully saturated rings. The summed E-state index contributed by atoms with van der Waals surface area (Å²) in [5, 5.41) is 0. The second-order valence-electron chi connectivity index (χ2n) is 4.91. The number of sulfone groups is 1. The van der Waals surface area contributed by atoms with Crippen molar-refractivity contribution >= 4 is 15.9 Å². The van der Waals surface area contributed by atoms with Crippen LogP contribution in [-0.2, 0) is 9.84 Å². The highest BCUT2D eigenvalue weighted by atomic mass is 32.2. The number of benzene rings is 2. The van der Waals surface area contributed by atoms with Gasteiger partial charge in [0.15, 0.2) is 9.84 Å². The van der Waals surface area contributed by atoms with Gasteiger partial charge in [0, 0.05) is 0 Å². The van der Waals surface area contributed by atoms with Gasteiger partial charge < -0.3 is 0 Å². The van der Waals surface area contributed by atoms with Crippen LogP contribution < -0.4 is 0 Å². The van der Waals surface area contributed by atoms with Crippen molar-refractivity contribution < 1.29 is 8.42 Å². The number of hydrogen-bond acceptors (Lipinski definition) is 2. The van der Waals surface area contributed by atoms with Crippen molar-refractivity contribution in [2.45, 2.75) is 18.7 Å². The van der Waals surface area contributed by atoms with Crippen LogP contribution in [0, 0.1) is 13.8 Å². The van der Waals surface area contributed by atoms with Gasteiger partial charge in [-0.25, -0.2) is 8.42 Å². The Labute approximate surface area is 120 Å². The minimum atomic E-state index is -3.24. The highest BCUT2D eigenvalue weighted by molar-refractivity contribution is 7.91. The average Bonchev–Trinajstić information content (AvgIpc) is 2.41. The van der Waals surface area contributed by atoms with E-state index in [9.17, 15) is 8.42 Å². The Hall–Kier alpha value is -1.87. The highest BCUT2D eigenvalue weighted by Crippen LogP contribution is 2.13. The van der Waals surface area contributed by atoms with E-state index in [2.05, 4.69) is 0 Å². The van der Waals surface area contributed by atoms with Crippen LogP contribution in [0.1, 0.15) is 16.7 Å². The maximum atomic E-state index is 12.1. The smallest absolute Gasteiger partial charge is 0.181 e. The summed E-state index contributed by atoms with van der Waals surface area (Å²) < 4.78 is 24.3. The van der Waals surface area contributed by atoms with Crippen LogP contribution >= 0.6 is 0 Å². The maximum absolute atomic E-state index is 12.1. The van der Waals surface area contributed by atoms with Gasteiger partial charge in [-0.1, -0.05) is 59.7 Å². The third kappa shape index (κ3) is 3.81. The molecule has 2 aromatic rings. The molecule has 3 heteroatoms. The lowest BCUT2D eigenvalue weighted by atomic mass is 10.1. The fraction of sp³-hybridized carbons (Fsp3) is 0.176. The summed E-state index contributed by atoms with van der Waals surface area (Å²) in [5.74, 6) is 0.0178. The van der Waals surface area contributed by atoms with E-state index in [1.54, 1.807) is 18.2 Å². The standard InChI is InChI=1S/C17H18O2S/c1-14-5-9-16(10-6-14)4-3-13-20(18,19)17-11-7-15(2)8-12-17/h3-12H,13H2,1-2H3. The van der Waals surface area contributed by atoms with Gasteiger partial charge in [0.2, 0.25) is 0 Å². The van der Waals surface area contributed by atoms with Crippen molar-refractivity contribution in [3.05, 3.63) is 71.3 Å². The Bertz CT molecular complexity index is 694. The zero-order chi connectivity index (χ0) is 14.6. The molecular formula is C17H18O2S. The average molecular weight is 286 g/mol. The first-order valence-corrected chi connectivity index (χ1v) is 8.15. The van der Waals surface area contributed by atoms with Crippen LogP contribution in [0.4, 0.5) is 0 Å². The first-order chi connectivity index (χ1) is 9.47. The Morgan fingerprint density at radius 2 is 1.35 bits per heavy atom. The minimum absolute atomic E-state index is 0.0178. The zero-order valence-corrected chi connectivity index (χ0v) is 12.5. The molecule has 0 aliphatic heterocycles. The lowest BCUT2D eigenvalue weighted by Gasteiger charge is -2.02. The van der Waals surface area contributed by atoms with Crippen molar-refractivity contribution in [3.8, 4) is 0 Å². The van der Waals surface area contributed by atoms with Crippen LogP contribution in [-0.4, -0.2) is 14.2 Å². The largest absolute Gasteiger partial charge is 0.223 e. The van der Waals surface area contributed by atoms with Crippen LogP contribution in [0.25, 0.3) is 6.08 Å². The summed E-state index contributed by atoms with van der Waals surface area (Å²) in [6.45, 7) is 3.96. The van der Waals surface area contributed by atoms with Crippen LogP contribution in [0.3, 0.4) is 0 Å². The van der Waals surface area contributed by atoms with E-state index < -0.39 is 9.84 Å². The molecule has 0 amide bonds. The lowest BCUT2D eigenvalue weighted by molar-refractivity contribution is 0.599. The van der Waals surface area contributed by atoms with Crippen LogP contribution in [0.15, 0.2) is 59.5 Å². The molecule has 0 radical (unpaired) electrons. The van der Waals surface area contributed by atoms with E-state index in [1.807, 2.05) is 56.3 Å².